The van der Waals surface area contributed by atoms with E-state index in [1.165, 1.54) is 0 Å². The molecule has 0 saturated carbocycles. The van der Waals surface area contributed by atoms with Crippen LogP contribution in [0.2, 0.25) is 0 Å². The highest BCUT2D eigenvalue weighted by molar-refractivity contribution is 5.92. The van der Waals surface area contributed by atoms with Crippen LogP contribution in [-0.4, -0.2) is 56.7 Å². The molecule has 0 radical (unpaired) electrons. The van der Waals surface area contributed by atoms with Crippen LogP contribution in [0, 0.1) is 11.8 Å². The number of nitrogens with zero attached hydrogens (tertiary/aromatic N) is 5. The third kappa shape index (κ3) is 2.22. The molecule has 0 spiro atoms. The number of amides is 1. The molecule has 1 aromatic carbocycles. The highest BCUT2D eigenvalue weighted by atomic mass is 16.2. The number of aromatic amines is 1. The molecule has 2 saturated heterocycles. The molecule has 25 heavy (non-hydrogen) atoms. The zero-order chi connectivity index (χ0) is 17.0. The number of hydrogen-bond acceptors (Lipinski definition) is 4. The Morgan fingerprint density at radius 1 is 1.12 bits per heavy atom. The maximum Gasteiger partial charge on any atom is 0.271 e. The fourth-order valence-electron chi connectivity index (χ4n) is 4.28. The minimum absolute atomic E-state index is 0.0566. The largest absolute Gasteiger partial charge is 0.342 e. The number of para-hydroxylation sites is 2. The molecular weight excluding hydrogens is 316 g/mol. The smallest absolute Gasteiger partial charge is 0.271 e. The molecule has 2 aliphatic rings. The number of carbonyl (C=O) groups is 1. The van der Waals surface area contributed by atoms with Crippen molar-refractivity contribution in [3.63, 3.8) is 0 Å². The first kappa shape index (κ1) is 14.5. The minimum Gasteiger partial charge on any atom is -0.342 e. The number of anilines is 1. The summed E-state index contributed by atoms with van der Waals surface area (Å²) in [6.45, 7) is 3.52. The van der Waals surface area contributed by atoms with Gasteiger partial charge in [-0.15, -0.1) is 0 Å². The minimum atomic E-state index is 0.0566. The predicted octanol–water partition coefficient (Wildman–Crippen LogP) is 1.50. The van der Waals surface area contributed by atoms with E-state index < -0.39 is 0 Å². The number of aryl methyl sites for hydroxylation is 1. The molecular formula is C18H20N6O. The summed E-state index contributed by atoms with van der Waals surface area (Å²) in [6.07, 6.45) is 1.62. The van der Waals surface area contributed by atoms with Crippen LogP contribution in [-0.2, 0) is 7.05 Å². The van der Waals surface area contributed by atoms with Crippen molar-refractivity contribution >= 4 is 22.9 Å². The van der Waals surface area contributed by atoms with E-state index in [1.54, 1.807) is 12.3 Å². The molecule has 4 heterocycles. The van der Waals surface area contributed by atoms with E-state index >= 15 is 0 Å². The predicted molar refractivity (Wildman–Crippen MR) is 94.4 cm³/mol. The van der Waals surface area contributed by atoms with Crippen LogP contribution in [0.25, 0.3) is 11.0 Å². The van der Waals surface area contributed by atoms with Crippen molar-refractivity contribution in [1.82, 2.24) is 24.6 Å². The number of benzene rings is 1. The molecule has 3 aromatic rings. The topological polar surface area (TPSA) is 70.1 Å². The van der Waals surface area contributed by atoms with Gasteiger partial charge in [0, 0.05) is 51.3 Å². The second kappa shape index (κ2) is 5.34. The number of imidazole rings is 1. The summed E-state index contributed by atoms with van der Waals surface area (Å²) in [6, 6.07) is 9.97. The van der Waals surface area contributed by atoms with Crippen molar-refractivity contribution in [2.75, 3.05) is 31.1 Å². The zero-order valence-corrected chi connectivity index (χ0v) is 14.1. The van der Waals surface area contributed by atoms with Crippen molar-refractivity contribution in [3.8, 4) is 0 Å². The van der Waals surface area contributed by atoms with Crippen LogP contribution in [0.1, 0.15) is 10.5 Å². The van der Waals surface area contributed by atoms with Crippen LogP contribution < -0.4 is 4.90 Å². The van der Waals surface area contributed by atoms with Gasteiger partial charge in [-0.25, -0.2) is 4.98 Å². The average Bonchev–Trinajstić information content (AvgIpc) is 3.37. The standard InChI is InChI=1S/C18H20N6O/c1-22-16-5-3-2-4-14(16)20-18(22)24-10-12-8-23(9-13(12)11-24)17(25)15-6-7-19-21-15/h2-7,12-13H,8-11H2,1H3,(H,19,21). The van der Waals surface area contributed by atoms with Crippen molar-refractivity contribution < 1.29 is 4.79 Å². The summed E-state index contributed by atoms with van der Waals surface area (Å²) in [4.78, 5) is 21.6. The maximum atomic E-state index is 12.5. The van der Waals surface area contributed by atoms with E-state index in [2.05, 4.69) is 38.8 Å². The highest BCUT2D eigenvalue weighted by Crippen LogP contribution is 2.34. The molecule has 1 amide bonds. The molecule has 2 fully saturated rings. The monoisotopic (exact) mass is 336 g/mol. The Balaban J connectivity index is 1.33. The van der Waals surface area contributed by atoms with Gasteiger partial charge in [0.15, 0.2) is 0 Å². The SMILES string of the molecule is Cn1c(N2CC3CN(C(=O)c4ccn[nH]4)CC3C2)nc2ccccc21. The average molecular weight is 336 g/mol. The Kier molecular flexibility index (Phi) is 3.10. The normalized spacial score (nSPS) is 22.8. The zero-order valence-electron chi connectivity index (χ0n) is 14.1. The molecule has 2 aromatic heterocycles. The van der Waals surface area contributed by atoms with Crippen LogP contribution in [0.5, 0.6) is 0 Å². The van der Waals surface area contributed by atoms with Gasteiger partial charge in [0.1, 0.15) is 5.69 Å². The Morgan fingerprint density at radius 3 is 2.56 bits per heavy atom. The number of fused-ring (bicyclic) bond motifs is 2. The first-order chi connectivity index (χ1) is 12.2. The first-order valence-electron chi connectivity index (χ1n) is 8.66. The van der Waals surface area contributed by atoms with Crippen molar-refractivity contribution in [2.45, 2.75) is 0 Å². The quantitative estimate of drug-likeness (QED) is 0.770. The van der Waals surface area contributed by atoms with E-state index in [4.69, 9.17) is 4.98 Å². The number of aromatic nitrogens is 4. The van der Waals surface area contributed by atoms with Gasteiger partial charge in [-0.1, -0.05) is 12.1 Å². The molecule has 2 atom stereocenters. The van der Waals surface area contributed by atoms with Gasteiger partial charge in [0.25, 0.3) is 5.91 Å². The summed E-state index contributed by atoms with van der Waals surface area (Å²) >= 11 is 0. The lowest BCUT2D eigenvalue weighted by Gasteiger charge is -2.22. The third-order valence-corrected chi connectivity index (χ3v) is 5.55. The first-order valence-corrected chi connectivity index (χ1v) is 8.66. The van der Waals surface area contributed by atoms with E-state index in [9.17, 15) is 4.79 Å². The molecule has 1 N–H and O–H groups in total. The third-order valence-electron chi connectivity index (χ3n) is 5.55. The summed E-state index contributed by atoms with van der Waals surface area (Å²) in [5.41, 5.74) is 2.77. The fourth-order valence-corrected chi connectivity index (χ4v) is 4.28. The summed E-state index contributed by atoms with van der Waals surface area (Å²) in [5.74, 6) is 2.10. The molecule has 2 aliphatic heterocycles. The molecule has 2 unspecified atom stereocenters. The Labute approximate surface area is 145 Å². The van der Waals surface area contributed by atoms with Crippen LogP contribution in [0.4, 0.5) is 5.95 Å². The van der Waals surface area contributed by atoms with Crippen molar-refractivity contribution in [2.24, 2.45) is 18.9 Å². The maximum absolute atomic E-state index is 12.5. The summed E-state index contributed by atoms with van der Waals surface area (Å²) in [7, 11) is 2.08. The van der Waals surface area contributed by atoms with Crippen LogP contribution in [0.15, 0.2) is 36.5 Å². The second-order valence-electron chi connectivity index (χ2n) is 7.07. The summed E-state index contributed by atoms with van der Waals surface area (Å²) in [5, 5.41) is 6.65. The summed E-state index contributed by atoms with van der Waals surface area (Å²) < 4.78 is 2.17. The number of H-pyrrole nitrogens is 1. The number of carbonyl (C=O) groups excluding carboxylic acids is 1. The van der Waals surface area contributed by atoms with E-state index in [0.717, 1.165) is 43.2 Å². The lowest BCUT2D eigenvalue weighted by atomic mass is 10.0. The highest BCUT2D eigenvalue weighted by Gasteiger charge is 2.43. The number of rotatable bonds is 2. The van der Waals surface area contributed by atoms with E-state index in [0.29, 0.717) is 17.5 Å². The molecule has 0 bridgehead atoms. The van der Waals surface area contributed by atoms with Crippen LogP contribution in [0.3, 0.4) is 0 Å². The van der Waals surface area contributed by atoms with Crippen molar-refractivity contribution in [1.29, 1.82) is 0 Å². The van der Waals surface area contributed by atoms with Crippen LogP contribution >= 0.6 is 0 Å². The van der Waals surface area contributed by atoms with Gasteiger partial charge in [0.2, 0.25) is 5.95 Å². The van der Waals surface area contributed by atoms with Gasteiger partial charge in [-0.3, -0.25) is 9.89 Å². The number of likely N-dealkylation sites (tertiary alicyclic amines) is 1. The van der Waals surface area contributed by atoms with Gasteiger partial charge in [-0.2, -0.15) is 5.10 Å². The van der Waals surface area contributed by atoms with E-state index in [1.807, 2.05) is 17.0 Å². The fraction of sp³-hybridized carbons (Fsp3) is 0.389. The lowest BCUT2D eigenvalue weighted by molar-refractivity contribution is 0.0776. The lowest BCUT2D eigenvalue weighted by Crippen LogP contribution is -2.34. The van der Waals surface area contributed by atoms with Crippen molar-refractivity contribution in [3.05, 3.63) is 42.2 Å². The Bertz CT molecular complexity index is 916. The van der Waals surface area contributed by atoms with Gasteiger partial charge < -0.3 is 14.4 Å². The number of nitrogens with one attached hydrogen (secondary N) is 1. The molecule has 0 aliphatic carbocycles. The molecule has 7 nitrogen and oxygen atoms in total. The second-order valence-corrected chi connectivity index (χ2v) is 7.07. The Hall–Kier alpha value is -2.83. The van der Waals surface area contributed by atoms with Gasteiger partial charge in [-0.05, 0) is 18.2 Å². The number of hydrogen-bond donors (Lipinski definition) is 1. The molecule has 5 rings (SSSR count). The van der Waals surface area contributed by atoms with E-state index in [-0.39, 0.29) is 5.91 Å². The molecule has 7 heteroatoms. The molecule has 128 valence electrons. The van der Waals surface area contributed by atoms with Gasteiger partial charge >= 0.3 is 0 Å². The Morgan fingerprint density at radius 2 is 1.88 bits per heavy atom. The van der Waals surface area contributed by atoms with Gasteiger partial charge in [0.05, 0.1) is 11.0 Å².